The standard InChI is InChI=1S/C37H48N6O5/c1-9-17-42(34(45)47-36(3,4)5)22-32-38-20-30(40-32)26-13-11-25(12-14-26)29-16-15-27(19-28(29)24-44)31-21-39-33(41-31)23-43(18-10-2)35(46)48-37(6,7)8/h11-16,19-21,24H,9-10,17-18,22-23H2,1-8H3,(H,38,40)(H,39,41). The van der Waals surface area contributed by atoms with Gasteiger partial charge in [-0.1, -0.05) is 50.2 Å². The normalized spacial score (nSPS) is 11.7. The van der Waals surface area contributed by atoms with Crippen molar-refractivity contribution in [2.24, 2.45) is 0 Å². The van der Waals surface area contributed by atoms with E-state index in [4.69, 9.17) is 9.47 Å². The molecule has 2 aromatic heterocycles. The number of carbonyl (C=O) groups excluding carboxylic acids is 3. The molecule has 0 atom stereocenters. The lowest BCUT2D eigenvalue weighted by Gasteiger charge is -2.26. The van der Waals surface area contributed by atoms with E-state index < -0.39 is 11.2 Å². The molecule has 11 heteroatoms. The van der Waals surface area contributed by atoms with Crippen molar-refractivity contribution >= 4 is 18.5 Å². The molecule has 2 N–H and O–H groups in total. The van der Waals surface area contributed by atoms with Crippen LogP contribution in [0.2, 0.25) is 0 Å². The topological polar surface area (TPSA) is 134 Å². The van der Waals surface area contributed by atoms with Gasteiger partial charge in [0.1, 0.15) is 22.9 Å². The second-order valence-electron chi connectivity index (χ2n) is 13.8. The first kappa shape index (κ1) is 35.9. The zero-order valence-electron chi connectivity index (χ0n) is 29.3. The molecule has 0 fully saturated rings. The summed E-state index contributed by atoms with van der Waals surface area (Å²) in [6, 6.07) is 13.6. The second-order valence-corrected chi connectivity index (χ2v) is 13.8. The Balaban J connectivity index is 1.47. The van der Waals surface area contributed by atoms with E-state index in [2.05, 4.69) is 19.9 Å². The molecule has 4 aromatic rings. The highest BCUT2D eigenvalue weighted by atomic mass is 16.6. The Labute approximate surface area is 283 Å². The molecule has 0 spiro atoms. The summed E-state index contributed by atoms with van der Waals surface area (Å²) in [7, 11) is 0. The maximum atomic E-state index is 12.7. The maximum absolute atomic E-state index is 12.7. The first-order chi connectivity index (χ1) is 22.7. The SMILES string of the molecule is CCCN(Cc1ncc(-c2ccc(-c3ccc(-c4cnc(CN(CCC)C(=O)OC(C)(C)C)[nH]4)cc3C=O)cc2)[nH]1)C(=O)OC(C)(C)C. The second kappa shape index (κ2) is 15.3. The molecule has 0 bridgehead atoms. The third-order valence-corrected chi connectivity index (χ3v) is 7.23. The number of hydrogen-bond acceptors (Lipinski definition) is 7. The highest BCUT2D eigenvalue weighted by Crippen LogP contribution is 2.30. The molecule has 4 rings (SSSR count). The van der Waals surface area contributed by atoms with Crippen LogP contribution in [-0.4, -0.2) is 72.5 Å². The highest BCUT2D eigenvalue weighted by Gasteiger charge is 2.24. The summed E-state index contributed by atoms with van der Waals surface area (Å²) in [5.41, 5.74) is 4.37. The fourth-order valence-electron chi connectivity index (χ4n) is 5.12. The first-order valence-electron chi connectivity index (χ1n) is 16.4. The van der Waals surface area contributed by atoms with Gasteiger partial charge >= 0.3 is 12.2 Å². The summed E-state index contributed by atoms with van der Waals surface area (Å²) in [6.07, 6.45) is 5.15. The van der Waals surface area contributed by atoms with Crippen molar-refractivity contribution in [1.29, 1.82) is 0 Å². The van der Waals surface area contributed by atoms with Gasteiger partial charge in [0.15, 0.2) is 6.29 Å². The van der Waals surface area contributed by atoms with Gasteiger partial charge in [-0.3, -0.25) is 4.79 Å². The molecule has 256 valence electrons. The number of aromatic amines is 2. The van der Waals surface area contributed by atoms with Gasteiger partial charge in [0.25, 0.3) is 0 Å². The smallest absolute Gasteiger partial charge is 0.410 e. The van der Waals surface area contributed by atoms with Crippen LogP contribution in [0.25, 0.3) is 33.6 Å². The van der Waals surface area contributed by atoms with E-state index >= 15 is 0 Å². The van der Waals surface area contributed by atoms with Crippen LogP contribution in [0.4, 0.5) is 9.59 Å². The van der Waals surface area contributed by atoms with Crippen molar-refractivity contribution in [3.63, 3.8) is 0 Å². The van der Waals surface area contributed by atoms with Crippen molar-refractivity contribution in [1.82, 2.24) is 29.7 Å². The van der Waals surface area contributed by atoms with E-state index in [1.807, 2.05) is 97.9 Å². The van der Waals surface area contributed by atoms with Crippen LogP contribution in [0.15, 0.2) is 54.9 Å². The molecule has 0 saturated heterocycles. The summed E-state index contributed by atoms with van der Waals surface area (Å²) in [5, 5.41) is 0. The van der Waals surface area contributed by atoms with Crippen LogP contribution in [-0.2, 0) is 22.6 Å². The number of nitrogens with one attached hydrogen (secondary N) is 2. The number of nitrogens with zero attached hydrogens (tertiary/aromatic N) is 4. The molecule has 0 saturated carbocycles. The Morgan fingerprint density at radius 2 is 1.15 bits per heavy atom. The molecule has 0 aliphatic rings. The zero-order chi connectivity index (χ0) is 35.1. The number of carbonyl (C=O) groups is 3. The number of aromatic nitrogens is 4. The molecular weight excluding hydrogens is 608 g/mol. The molecule has 0 unspecified atom stereocenters. The van der Waals surface area contributed by atoms with Gasteiger partial charge in [-0.2, -0.15) is 0 Å². The van der Waals surface area contributed by atoms with Crippen LogP contribution in [0.5, 0.6) is 0 Å². The summed E-state index contributed by atoms with van der Waals surface area (Å²) in [4.78, 5) is 56.5. The van der Waals surface area contributed by atoms with E-state index in [9.17, 15) is 14.4 Å². The molecule has 0 aliphatic heterocycles. The Morgan fingerprint density at radius 1 is 0.708 bits per heavy atom. The van der Waals surface area contributed by atoms with Gasteiger partial charge < -0.3 is 29.2 Å². The van der Waals surface area contributed by atoms with E-state index in [1.54, 1.807) is 22.2 Å². The van der Waals surface area contributed by atoms with Crippen LogP contribution >= 0.6 is 0 Å². The minimum absolute atomic E-state index is 0.284. The number of ether oxygens (including phenoxy) is 2. The van der Waals surface area contributed by atoms with E-state index in [-0.39, 0.29) is 18.7 Å². The number of H-pyrrole nitrogens is 2. The number of amides is 2. The van der Waals surface area contributed by atoms with E-state index in [1.165, 1.54) is 0 Å². The van der Waals surface area contributed by atoms with Crippen LogP contribution < -0.4 is 0 Å². The molecule has 2 amide bonds. The molecule has 0 aliphatic carbocycles. The van der Waals surface area contributed by atoms with E-state index in [0.717, 1.165) is 52.8 Å². The van der Waals surface area contributed by atoms with Gasteiger partial charge in [0, 0.05) is 24.2 Å². The predicted molar refractivity (Wildman–Crippen MR) is 186 cm³/mol. The number of imidazole rings is 2. The molecule has 11 nitrogen and oxygen atoms in total. The molecule has 2 heterocycles. The van der Waals surface area contributed by atoms with Crippen LogP contribution in [0.1, 0.15) is 90.2 Å². The van der Waals surface area contributed by atoms with Crippen molar-refractivity contribution < 1.29 is 23.9 Å². The van der Waals surface area contributed by atoms with Gasteiger partial charge in [0.05, 0.1) is 36.9 Å². The minimum atomic E-state index is -0.589. The molecular formula is C37H48N6O5. The lowest BCUT2D eigenvalue weighted by atomic mass is 9.96. The summed E-state index contributed by atoms with van der Waals surface area (Å²) in [6.45, 7) is 16.8. The Bertz CT molecular complexity index is 1690. The van der Waals surface area contributed by atoms with Gasteiger partial charge in [0.2, 0.25) is 0 Å². The first-order valence-corrected chi connectivity index (χ1v) is 16.4. The van der Waals surface area contributed by atoms with Crippen LogP contribution in [0.3, 0.4) is 0 Å². The molecule has 48 heavy (non-hydrogen) atoms. The predicted octanol–water partition coefficient (Wildman–Crippen LogP) is 8.24. The number of benzene rings is 2. The van der Waals surface area contributed by atoms with Crippen molar-refractivity contribution in [2.45, 2.75) is 92.5 Å². The van der Waals surface area contributed by atoms with Gasteiger partial charge in [-0.25, -0.2) is 19.6 Å². The lowest BCUT2D eigenvalue weighted by Crippen LogP contribution is -2.37. The Hall–Kier alpha value is -4.93. The molecule has 0 radical (unpaired) electrons. The Morgan fingerprint density at radius 3 is 1.58 bits per heavy atom. The largest absolute Gasteiger partial charge is 0.444 e. The van der Waals surface area contributed by atoms with Crippen LogP contribution in [0, 0.1) is 0 Å². The van der Waals surface area contributed by atoms with Crippen molar-refractivity contribution in [2.75, 3.05) is 13.1 Å². The van der Waals surface area contributed by atoms with E-state index in [0.29, 0.717) is 36.8 Å². The third-order valence-electron chi connectivity index (χ3n) is 7.23. The minimum Gasteiger partial charge on any atom is -0.444 e. The monoisotopic (exact) mass is 656 g/mol. The number of rotatable bonds is 12. The fourth-order valence-corrected chi connectivity index (χ4v) is 5.12. The fraction of sp³-hybridized carbons (Fsp3) is 0.432. The maximum Gasteiger partial charge on any atom is 0.410 e. The summed E-state index contributed by atoms with van der Waals surface area (Å²) in [5.74, 6) is 1.29. The number of hydrogen-bond donors (Lipinski definition) is 2. The van der Waals surface area contributed by atoms with Crippen molar-refractivity contribution in [3.05, 3.63) is 72.1 Å². The average Bonchev–Trinajstić information content (AvgIpc) is 3.69. The number of aldehydes is 1. The Kier molecular flexibility index (Phi) is 11.5. The third kappa shape index (κ3) is 9.79. The average molecular weight is 657 g/mol. The summed E-state index contributed by atoms with van der Waals surface area (Å²) >= 11 is 0. The van der Waals surface area contributed by atoms with Crippen molar-refractivity contribution in [3.8, 4) is 33.6 Å². The summed E-state index contributed by atoms with van der Waals surface area (Å²) < 4.78 is 11.1. The van der Waals surface area contributed by atoms with Gasteiger partial charge in [-0.15, -0.1) is 0 Å². The lowest BCUT2D eigenvalue weighted by molar-refractivity contribution is 0.0219. The highest BCUT2D eigenvalue weighted by molar-refractivity contribution is 5.90. The molecule has 2 aromatic carbocycles. The zero-order valence-corrected chi connectivity index (χ0v) is 29.3. The van der Waals surface area contributed by atoms with Gasteiger partial charge in [-0.05, 0) is 77.1 Å². The quantitative estimate of drug-likeness (QED) is 0.147.